The molecule has 4 rings (SSSR count). The first-order chi connectivity index (χ1) is 15.1. The Hall–Kier alpha value is -2.90. The molecule has 0 aliphatic heterocycles. The minimum atomic E-state index is -0.0520. The van der Waals surface area contributed by atoms with Gasteiger partial charge >= 0.3 is 0 Å². The monoisotopic (exact) mass is 492 g/mol. The predicted molar refractivity (Wildman–Crippen MR) is 127 cm³/mol. The first kappa shape index (κ1) is 21.3. The number of carbonyl (C=O) groups is 1. The summed E-state index contributed by atoms with van der Waals surface area (Å²) >= 11 is 4.86. The lowest BCUT2D eigenvalue weighted by Gasteiger charge is -2.11. The van der Waals surface area contributed by atoms with Crippen LogP contribution in [0, 0.1) is 6.92 Å². The summed E-state index contributed by atoms with van der Waals surface area (Å²) in [6, 6.07) is 25.9. The molecule has 1 amide bonds. The predicted octanol–water partition coefficient (Wildman–Crippen LogP) is 5.73. The Bertz CT molecular complexity index is 1180. The number of rotatable bonds is 7. The standard InChI is InChI=1S/C24H21BrN4OS/c1-17-11-13-18(14-12-17)15-22(30)26-20-9-5-6-10-21(20)31-24-27-23(25)28-29(24)16-19-7-3-2-4-8-19/h2-14H,15-16H2,1H3,(H,26,30). The maximum Gasteiger partial charge on any atom is 0.228 e. The molecule has 0 aliphatic carbocycles. The number of halogens is 1. The first-order valence-corrected chi connectivity index (χ1v) is 11.4. The molecule has 1 heterocycles. The number of nitrogens with one attached hydrogen (secondary N) is 1. The van der Waals surface area contributed by atoms with E-state index in [-0.39, 0.29) is 5.91 Å². The summed E-state index contributed by atoms with van der Waals surface area (Å²) in [6.45, 7) is 2.65. The van der Waals surface area contributed by atoms with Crippen molar-refractivity contribution in [3.8, 4) is 0 Å². The largest absolute Gasteiger partial charge is 0.325 e. The van der Waals surface area contributed by atoms with Crippen molar-refractivity contribution >= 4 is 39.3 Å². The third-order valence-corrected chi connectivity index (χ3v) is 6.03. The van der Waals surface area contributed by atoms with E-state index in [0.717, 1.165) is 26.9 Å². The van der Waals surface area contributed by atoms with E-state index in [2.05, 4.69) is 43.5 Å². The van der Waals surface area contributed by atoms with E-state index >= 15 is 0 Å². The fourth-order valence-electron chi connectivity index (χ4n) is 3.08. The van der Waals surface area contributed by atoms with Crippen LogP contribution >= 0.6 is 27.7 Å². The topological polar surface area (TPSA) is 59.8 Å². The molecule has 0 atom stereocenters. The molecule has 0 aliphatic rings. The van der Waals surface area contributed by atoms with Crippen molar-refractivity contribution in [1.29, 1.82) is 0 Å². The van der Waals surface area contributed by atoms with E-state index in [0.29, 0.717) is 17.7 Å². The zero-order valence-electron chi connectivity index (χ0n) is 17.0. The van der Waals surface area contributed by atoms with Gasteiger partial charge in [-0.25, -0.2) is 4.68 Å². The number of aromatic nitrogens is 3. The summed E-state index contributed by atoms with van der Waals surface area (Å²) in [7, 11) is 0. The third-order valence-electron chi connectivity index (χ3n) is 4.63. The molecular weight excluding hydrogens is 472 g/mol. The zero-order valence-corrected chi connectivity index (χ0v) is 19.4. The molecule has 0 saturated carbocycles. The van der Waals surface area contributed by atoms with Gasteiger partial charge in [-0.2, -0.15) is 4.98 Å². The van der Waals surface area contributed by atoms with Crippen molar-refractivity contribution in [2.75, 3.05) is 5.32 Å². The van der Waals surface area contributed by atoms with Crippen LogP contribution in [-0.2, 0) is 17.8 Å². The Labute approximate surface area is 194 Å². The molecule has 5 nitrogen and oxygen atoms in total. The Morgan fingerprint density at radius 3 is 2.45 bits per heavy atom. The fraction of sp³-hybridized carbons (Fsp3) is 0.125. The van der Waals surface area contributed by atoms with Crippen LogP contribution in [0.4, 0.5) is 5.69 Å². The third kappa shape index (κ3) is 5.83. The van der Waals surface area contributed by atoms with Crippen LogP contribution in [0.2, 0.25) is 0 Å². The molecule has 4 aromatic rings. The fourth-order valence-corrected chi connectivity index (χ4v) is 4.47. The van der Waals surface area contributed by atoms with Gasteiger partial charge in [0.25, 0.3) is 0 Å². The smallest absolute Gasteiger partial charge is 0.228 e. The van der Waals surface area contributed by atoms with E-state index in [9.17, 15) is 4.79 Å². The minimum Gasteiger partial charge on any atom is -0.325 e. The van der Waals surface area contributed by atoms with Crippen molar-refractivity contribution in [3.05, 3.63) is 100 Å². The van der Waals surface area contributed by atoms with Crippen LogP contribution in [0.15, 0.2) is 93.6 Å². The molecule has 31 heavy (non-hydrogen) atoms. The molecule has 0 unspecified atom stereocenters. The summed E-state index contributed by atoms with van der Waals surface area (Å²) in [5.41, 5.74) is 4.06. The summed E-state index contributed by atoms with van der Waals surface area (Å²) in [6.07, 6.45) is 0.328. The van der Waals surface area contributed by atoms with Gasteiger partial charge in [0.15, 0.2) is 5.16 Å². The number of para-hydroxylation sites is 1. The summed E-state index contributed by atoms with van der Waals surface area (Å²) in [4.78, 5) is 18.1. The van der Waals surface area contributed by atoms with Gasteiger partial charge in [-0.15, -0.1) is 5.10 Å². The molecule has 0 saturated heterocycles. The zero-order chi connectivity index (χ0) is 21.6. The lowest BCUT2D eigenvalue weighted by Crippen LogP contribution is -2.15. The average molecular weight is 493 g/mol. The number of anilines is 1. The summed E-state index contributed by atoms with van der Waals surface area (Å²) < 4.78 is 2.39. The number of amides is 1. The lowest BCUT2D eigenvalue weighted by molar-refractivity contribution is -0.115. The molecule has 0 fully saturated rings. The van der Waals surface area contributed by atoms with Gasteiger partial charge in [0.1, 0.15) is 0 Å². The number of nitrogens with zero attached hydrogens (tertiary/aromatic N) is 3. The van der Waals surface area contributed by atoms with Gasteiger partial charge in [-0.05, 0) is 57.9 Å². The van der Waals surface area contributed by atoms with Crippen molar-refractivity contribution < 1.29 is 4.79 Å². The summed E-state index contributed by atoms with van der Waals surface area (Å²) in [5.74, 6) is -0.0520. The average Bonchev–Trinajstić information content (AvgIpc) is 3.10. The Kier molecular flexibility index (Phi) is 6.84. The molecular formula is C24H21BrN4OS. The van der Waals surface area contributed by atoms with Crippen LogP contribution in [0.25, 0.3) is 0 Å². The maximum atomic E-state index is 12.6. The lowest BCUT2D eigenvalue weighted by atomic mass is 10.1. The Morgan fingerprint density at radius 1 is 0.968 bits per heavy atom. The van der Waals surface area contributed by atoms with Gasteiger partial charge in [-0.3, -0.25) is 4.79 Å². The molecule has 0 bridgehead atoms. The molecule has 0 radical (unpaired) electrons. The van der Waals surface area contributed by atoms with E-state index in [4.69, 9.17) is 0 Å². The van der Waals surface area contributed by atoms with E-state index < -0.39 is 0 Å². The van der Waals surface area contributed by atoms with Crippen molar-refractivity contribution in [1.82, 2.24) is 14.8 Å². The highest BCUT2D eigenvalue weighted by atomic mass is 79.9. The molecule has 3 aromatic carbocycles. The number of aryl methyl sites for hydroxylation is 1. The Morgan fingerprint density at radius 2 is 1.68 bits per heavy atom. The van der Waals surface area contributed by atoms with E-state index in [1.54, 1.807) is 0 Å². The maximum absolute atomic E-state index is 12.6. The van der Waals surface area contributed by atoms with Crippen LogP contribution in [0.5, 0.6) is 0 Å². The van der Waals surface area contributed by atoms with Crippen LogP contribution < -0.4 is 5.32 Å². The van der Waals surface area contributed by atoms with Crippen molar-refractivity contribution in [2.45, 2.75) is 29.9 Å². The molecule has 0 spiro atoms. The van der Waals surface area contributed by atoms with E-state index in [1.165, 1.54) is 17.3 Å². The van der Waals surface area contributed by atoms with Gasteiger partial charge < -0.3 is 5.32 Å². The second-order valence-corrected chi connectivity index (χ2v) is 8.83. The van der Waals surface area contributed by atoms with Crippen molar-refractivity contribution in [2.24, 2.45) is 0 Å². The van der Waals surface area contributed by atoms with Crippen molar-refractivity contribution in [3.63, 3.8) is 0 Å². The van der Waals surface area contributed by atoms with Gasteiger partial charge in [0, 0.05) is 4.90 Å². The second-order valence-electron chi connectivity index (χ2n) is 7.12. The number of hydrogen-bond donors (Lipinski definition) is 1. The van der Waals surface area contributed by atoms with Crippen LogP contribution in [0.1, 0.15) is 16.7 Å². The first-order valence-electron chi connectivity index (χ1n) is 9.83. The highest BCUT2D eigenvalue weighted by Gasteiger charge is 2.14. The highest BCUT2D eigenvalue weighted by molar-refractivity contribution is 9.10. The minimum absolute atomic E-state index is 0.0520. The van der Waals surface area contributed by atoms with Gasteiger partial charge in [0.2, 0.25) is 10.6 Å². The molecule has 1 N–H and O–H groups in total. The van der Waals surface area contributed by atoms with E-state index in [1.807, 2.05) is 78.3 Å². The number of benzene rings is 3. The normalized spacial score (nSPS) is 10.8. The SMILES string of the molecule is Cc1ccc(CC(=O)Nc2ccccc2Sc2nc(Br)nn2Cc2ccccc2)cc1. The highest BCUT2D eigenvalue weighted by Crippen LogP contribution is 2.33. The summed E-state index contributed by atoms with van der Waals surface area (Å²) in [5, 5.41) is 8.26. The number of hydrogen-bond acceptors (Lipinski definition) is 4. The second kappa shape index (κ2) is 9.94. The number of carbonyl (C=O) groups excluding carboxylic acids is 1. The Balaban J connectivity index is 1.50. The molecule has 156 valence electrons. The van der Waals surface area contributed by atoms with Gasteiger partial charge in [0.05, 0.1) is 18.7 Å². The van der Waals surface area contributed by atoms with Gasteiger partial charge in [-0.1, -0.05) is 72.3 Å². The molecule has 1 aromatic heterocycles. The molecule has 7 heteroatoms. The van der Waals surface area contributed by atoms with Crippen LogP contribution in [-0.4, -0.2) is 20.7 Å². The quantitative estimate of drug-likeness (QED) is 0.357. The van der Waals surface area contributed by atoms with Crippen LogP contribution in [0.3, 0.4) is 0 Å².